The zero-order valence-electron chi connectivity index (χ0n) is 27.2. The maximum Gasteiger partial charge on any atom is 0.269 e. The molecule has 0 saturated heterocycles. The number of hydrogen-bond donors (Lipinski definition) is 0. The van der Waals surface area contributed by atoms with E-state index in [-0.39, 0.29) is 31.4 Å². The lowest BCUT2D eigenvalue weighted by molar-refractivity contribution is 0.355. The van der Waals surface area contributed by atoms with Gasteiger partial charge in [0, 0.05) is 20.8 Å². The number of rotatable bonds is 16. The van der Waals surface area contributed by atoms with Crippen molar-refractivity contribution in [3.63, 3.8) is 0 Å². The van der Waals surface area contributed by atoms with E-state index in [1.54, 1.807) is 72.8 Å². The Hall–Kier alpha value is -4.57. The number of sulfonamides is 3. The van der Waals surface area contributed by atoms with E-state index in [0.29, 0.717) is 28.5 Å². The normalized spacial score (nSPS) is 12.2. The minimum absolute atomic E-state index is 0.0599. The second-order valence-electron chi connectivity index (χ2n) is 11.2. The van der Waals surface area contributed by atoms with Crippen LogP contribution in [0.2, 0.25) is 0 Å². The molecule has 0 spiro atoms. The molecule has 0 radical (unpaired) electrons. The Morgan fingerprint density at radius 1 is 0.640 bits per heavy atom. The summed E-state index contributed by atoms with van der Waals surface area (Å²) >= 11 is 0. The summed E-state index contributed by atoms with van der Waals surface area (Å²) in [6.45, 7) is 0. The molecule has 4 aromatic carbocycles. The molecule has 0 amide bonds. The maximum atomic E-state index is 15.6. The number of ether oxygens (including phenoxy) is 3. The lowest BCUT2D eigenvalue weighted by Crippen LogP contribution is -2.44. The lowest BCUT2D eigenvalue weighted by Gasteiger charge is -2.22. The van der Waals surface area contributed by atoms with Gasteiger partial charge in [-0.1, -0.05) is 60.7 Å². The summed E-state index contributed by atoms with van der Waals surface area (Å²) in [5.41, 5.74) is 2.02. The van der Waals surface area contributed by atoms with Crippen molar-refractivity contribution in [3.8, 4) is 23.0 Å². The van der Waals surface area contributed by atoms with Gasteiger partial charge in [0.05, 0.1) is 36.1 Å². The van der Waals surface area contributed by atoms with Crippen molar-refractivity contribution in [3.05, 3.63) is 120 Å². The van der Waals surface area contributed by atoms with Crippen LogP contribution >= 0.6 is 0 Å². The average Bonchev–Trinajstić information content (AvgIpc) is 3.09. The van der Waals surface area contributed by atoms with Gasteiger partial charge in [-0.2, -0.15) is 0 Å². The highest BCUT2D eigenvalue weighted by molar-refractivity contribution is 8.17. The molecule has 5 aromatic rings. The van der Waals surface area contributed by atoms with Crippen molar-refractivity contribution >= 4 is 41.0 Å². The number of nitrogens with zero attached hydrogens (tertiary/aromatic N) is 2. The summed E-state index contributed by atoms with van der Waals surface area (Å²) in [4.78, 5) is 3.39. The van der Waals surface area contributed by atoms with E-state index in [0.717, 1.165) is 23.3 Å². The molecule has 0 fully saturated rings. The van der Waals surface area contributed by atoms with Gasteiger partial charge in [0.1, 0.15) is 5.75 Å². The predicted octanol–water partition coefficient (Wildman–Crippen LogP) is 6.10. The molecular formula is C35H35FN2O9S3. The molecule has 11 nitrogen and oxygen atoms in total. The molecule has 0 unspecified atom stereocenters. The monoisotopic (exact) mass is 742 g/mol. The molecule has 0 atom stereocenters. The zero-order valence-corrected chi connectivity index (χ0v) is 29.7. The summed E-state index contributed by atoms with van der Waals surface area (Å²) in [6, 6.07) is 24.8. The van der Waals surface area contributed by atoms with Crippen molar-refractivity contribution in [1.29, 1.82) is 0 Å². The lowest BCUT2D eigenvalue weighted by atomic mass is 10.1. The Morgan fingerprint density at radius 2 is 1.18 bits per heavy atom. The number of pyridine rings is 1. The molecule has 1 aromatic heterocycles. The Morgan fingerprint density at radius 3 is 1.70 bits per heavy atom. The van der Waals surface area contributed by atoms with Crippen molar-refractivity contribution in [1.82, 2.24) is 8.10 Å². The summed E-state index contributed by atoms with van der Waals surface area (Å²) in [7, 11) is -12.4. The molecule has 0 saturated carbocycles. The first kappa shape index (κ1) is 36.7. The Labute approximate surface area is 291 Å². The fraction of sp³-hybridized carbons (Fsp3) is 0.229. The molecule has 0 aliphatic heterocycles. The second-order valence-corrected chi connectivity index (χ2v) is 17.5. The van der Waals surface area contributed by atoms with Crippen LogP contribution in [-0.4, -0.2) is 59.1 Å². The van der Waals surface area contributed by atoms with Crippen LogP contribution < -0.4 is 14.2 Å². The van der Waals surface area contributed by atoms with E-state index < -0.39 is 61.2 Å². The van der Waals surface area contributed by atoms with E-state index >= 15 is 4.39 Å². The fourth-order valence-corrected chi connectivity index (χ4v) is 12.5. The van der Waals surface area contributed by atoms with E-state index in [2.05, 4.69) is 4.98 Å². The highest BCUT2D eigenvalue weighted by atomic mass is 32.3. The average molecular weight is 743 g/mol. The third-order valence-electron chi connectivity index (χ3n) is 7.70. The third-order valence-corrected chi connectivity index (χ3v) is 15.4. The minimum Gasteiger partial charge on any atom is -0.493 e. The highest BCUT2D eigenvalue weighted by Crippen LogP contribution is 2.38. The summed E-state index contributed by atoms with van der Waals surface area (Å²) in [6.07, 6.45) is 1.81. The Kier molecular flexibility index (Phi) is 11.4. The fourth-order valence-electron chi connectivity index (χ4n) is 5.29. The highest BCUT2D eigenvalue weighted by Gasteiger charge is 2.45. The largest absolute Gasteiger partial charge is 0.493 e. The number of halogens is 1. The van der Waals surface area contributed by atoms with Crippen LogP contribution in [0.15, 0.2) is 108 Å². The standard InChI is InChI=1S/C35H35FN2O9S3/c1-45-34-24-29-31(25-35(34)46-2)37-20-19-32(29)47-33-18-17-28(23-30(33)36)50(43,44)38(48(39,40)21-9-15-26-11-5-3-6-12-26)49(41,42)22-10-16-27-13-7-4-8-14-27/h3-8,11-14,17-20,23-25H,9-10,15-16,21-22H2,1-2H3. The van der Waals surface area contributed by atoms with Crippen molar-refractivity contribution in [2.45, 2.75) is 30.6 Å². The number of hydrogen-bond acceptors (Lipinski definition) is 10. The molecule has 50 heavy (non-hydrogen) atoms. The van der Waals surface area contributed by atoms with Gasteiger partial charge in [-0.3, -0.25) is 4.98 Å². The van der Waals surface area contributed by atoms with Crippen LogP contribution in [-0.2, 0) is 42.9 Å². The number of aryl methyl sites for hydroxylation is 2. The number of aromatic nitrogens is 1. The SMILES string of the molecule is COc1cc2nccc(Oc3ccc(S(=O)(=O)N(S(=O)(=O)CCCc4ccccc4)S(=O)(=O)CCCc4ccccc4)cc3F)c2cc1OC. The summed E-state index contributed by atoms with van der Waals surface area (Å²) in [5, 5.41) is 0.426. The van der Waals surface area contributed by atoms with Crippen LogP contribution in [0.25, 0.3) is 10.9 Å². The smallest absolute Gasteiger partial charge is 0.269 e. The van der Waals surface area contributed by atoms with Gasteiger partial charge in [0.15, 0.2) is 23.1 Å². The second kappa shape index (κ2) is 15.5. The topological polar surface area (TPSA) is 146 Å². The first-order valence-electron chi connectivity index (χ1n) is 15.4. The first-order valence-corrected chi connectivity index (χ1v) is 20.1. The van der Waals surface area contributed by atoms with Gasteiger partial charge in [-0.05, 0) is 67.1 Å². The van der Waals surface area contributed by atoms with E-state index in [9.17, 15) is 25.3 Å². The molecule has 0 bridgehead atoms. The van der Waals surface area contributed by atoms with Gasteiger partial charge in [-0.15, -0.1) is 0 Å². The molecule has 1 heterocycles. The third kappa shape index (κ3) is 8.41. The van der Waals surface area contributed by atoms with E-state index in [4.69, 9.17) is 14.2 Å². The van der Waals surface area contributed by atoms with Crippen LogP contribution in [0.4, 0.5) is 4.39 Å². The molecule has 0 N–H and O–H groups in total. The van der Waals surface area contributed by atoms with Crippen LogP contribution in [0, 0.1) is 5.82 Å². The Bertz CT molecular complexity index is 2210. The molecule has 0 aliphatic carbocycles. The van der Waals surface area contributed by atoms with Crippen molar-refractivity contribution in [2.75, 3.05) is 25.7 Å². The molecule has 264 valence electrons. The Balaban J connectivity index is 1.46. The molecular weight excluding hydrogens is 708 g/mol. The van der Waals surface area contributed by atoms with Crippen LogP contribution in [0.3, 0.4) is 0 Å². The van der Waals surface area contributed by atoms with E-state index in [1.165, 1.54) is 26.5 Å². The quantitative estimate of drug-likeness (QED) is 0.116. The van der Waals surface area contributed by atoms with Crippen molar-refractivity contribution < 1.29 is 43.9 Å². The summed E-state index contributed by atoms with van der Waals surface area (Å²) in [5.74, 6) is -2.25. The number of fused-ring (bicyclic) bond motifs is 1. The maximum absolute atomic E-state index is 15.6. The minimum atomic E-state index is -5.35. The first-order chi connectivity index (χ1) is 23.9. The molecule has 5 rings (SSSR count). The van der Waals surface area contributed by atoms with Gasteiger partial charge >= 0.3 is 0 Å². The van der Waals surface area contributed by atoms with Crippen LogP contribution in [0.1, 0.15) is 24.0 Å². The van der Waals surface area contributed by atoms with Gasteiger partial charge in [-0.25, -0.2) is 29.6 Å². The van der Waals surface area contributed by atoms with Crippen molar-refractivity contribution in [2.24, 2.45) is 0 Å². The van der Waals surface area contributed by atoms with Gasteiger partial charge in [0.25, 0.3) is 10.0 Å². The summed E-state index contributed by atoms with van der Waals surface area (Å²) < 4.78 is 114. The molecule has 15 heteroatoms. The zero-order chi connectivity index (χ0) is 35.9. The van der Waals surface area contributed by atoms with Crippen LogP contribution in [0.5, 0.6) is 23.0 Å². The van der Waals surface area contributed by atoms with Gasteiger partial charge in [0.2, 0.25) is 20.0 Å². The van der Waals surface area contributed by atoms with Gasteiger partial charge < -0.3 is 14.2 Å². The molecule has 0 aliphatic rings. The number of benzene rings is 4. The predicted molar refractivity (Wildman–Crippen MR) is 187 cm³/mol. The van der Waals surface area contributed by atoms with E-state index in [1.807, 2.05) is 0 Å². The number of methoxy groups -OCH3 is 2.